The number of fused-ring (bicyclic) bond motifs is 1. The van der Waals surface area contributed by atoms with E-state index in [0.29, 0.717) is 17.7 Å². The Kier molecular flexibility index (Phi) is 8.55. The molecular formula is C28H30F6N4O4S. The molecule has 0 radical (unpaired) electrons. The molecule has 0 saturated carbocycles. The summed E-state index contributed by atoms with van der Waals surface area (Å²) in [5, 5.41) is 15.7. The van der Waals surface area contributed by atoms with Gasteiger partial charge in [-0.05, 0) is 48.7 Å². The Hall–Kier alpha value is -3.14. The van der Waals surface area contributed by atoms with E-state index in [1.165, 1.54) is 0 Å². The predicted octanol–water partition coefficient (Wildman–Crippen LogP) is 4.34. The molecule has 0 aliphatic carbocycles. The Morgan fingerprint density at radius 1 is 1.02 bits per heavy atom. The molecule has 3 unspecified atom stereocenters. The number of sulfone groups is 1. The summed E-state index contributed by atoms with van der Waals surface area (Å²) in [6.45, 7) is 2.40. The molecule has 8 nitrogen and oxygen atoms in total. The lowest BCUT2D eigenvalue weighted by molar-refractivity contribution is -0.143. The van der Waals surface area contributed by atoms with Crippen molar-refractivity contribution in [3.05, 3.63) is 76.4 Å². The highest BCUT2D eigenvalue weighted by atomic mass is 32.2. The van der Waals surface area contributed by atoms with Crippen LogP contribution in [0.3, 0.4) is 0 Å². The molecule has 1 saturated heterocycles. The molecule has 0 aromatic heterocycles. The van der Waals surface area contributed by atoms with Gasteiger partial charge in [0.15, 0.2) is 22.0 Å². The summed E-state index contributed by atoms with van der Waals surface area (Å²) in [6.07, 6.45) is -9.74. The number of nitrogens with one attached hydrogen (secondary N) is 1. The molecule has 3 heterocycles. The SMILES string of the molecule is Cc1ccccc1C1=CC(N2CCS(=O)(=O)CC2)OC2=NCNCC2C(Cc2cc(C(F)(F)F)cc(C(F)(F)F)c2)N1O. The summed E-state index contributed by atoms with van der Waals surface area (Å²) in [5.41, 5.74) is -1.67. The van der Waals surface area contributed by atoms with E-state index < -0.39 is 57.9 Å². The van der Waals surface area contributed by atoms with Gasteiger partial charge in [-0.1, -0.05) is 24.3 Å². The quantitative estimate of drug-likeness (QED) is 0.485. The minimum absolute atomic E-state index is 0.0680. The predicted molar refractivity (Wildman–Crippen MR) is 146 cm³/mol. The number of rotatable bonds is 4. The maximum atomic E-state index is 13.6. The molecule has 234 valence electrons. The highest BCUT2D eigenvalue weighted by molar-refractivity contribution is 7.91. The number of hydrogen-bond donors (Lipinski definition) is 2. The zero-order chi connectivity index (χ0) is 31.2. The highest BCUT2D eigenvalue weighted by Gasteiger charge is 2.42. The third-order valence-corrected chi connectivity index (χ3v) is 9.46. The number of alkyl halides is 6. The van der Waals surface area contributed by atoms with E-state index in [1.54, 1.807) is 42.2 Å². The zero-order valence-corrected chi connectivity index (χ0v) is 23.8. The van der Waals surface area contributed by atoms with E-state index in [0.717, 1.165) is 10.6 Å². The van der Waals surface area contributed by atoms with Crippen molar-refractivity contribution in [2.75, 3.05) is 37.8 Å². The number of halogens is 6. The van der Waals surface area contributed by atoms with Crippen LogP contribution in [0.2, 0.25) is 0 Å². The van der Waals surface area contributed by atoms with Gasteiger partial charge in [0.2, 0.25) is 0 Å². The van der Waals surface area contributed by atoms with Gasteiger partial charge in [0.1, 0.15) is 0 Å². The first-order chi connectivity index (χ1) is 20.1. The molecule has 43 heavy (non-hydrogen) atoms. The maximum Gasteiger partial charge on any atom is 0.416 e. The first kappa shape index (κ1) is 31.3. The molecule has 15 heteroatoms. The van der Waals surface area contributed by atoms with Crippen LogP contribution in [0.1, 0.15) is 27.8 Å². The van der Waals surface area contributed by atoms with E-state index in [4.69, 9.17) is 4.74 Å². The molecule has 1 fully saturated rings. The van der Waals surface area contributed by atoms with Crippen molar-refractivity contribution in [2.24, 2.45) is 10.9 Å². The largest absolute Gasteiger partial charge is 0.458 e. The molecule has 2 aromatic rings. The second kappa shape index (κ2) is 11.7. The summed E-state index contributed by atoms with van der Waals surface area (Å²) in [5.74, 6) is -0.823. The van der Waals surface area contributed by atoms with E-state index in [9.17, 15) is 40.0 Å². The second-order valence-corrected chi connectivity index (χ2v) is 13.1. The number of aryl methyl sites for hydroxylation is 1. The van der Waals surface area contributed by atoms with Gasteiger partial charge < -0.3 is 4.74 Å². The minimum Gasteiger partial charge on any atom is -0.458 e. The molecule has 3 aliphatic rings. The third kappa shape index (κ3) is 7.00. The number of hydrogen-bond acceptors (Lipinski definition) is 8. The lowest BCUT2D eigenvalue weighted by Gasteiger charge is -2.43. The van der Waals surface area contributed by atoms with Crippen molar-refractivity contribution in [3.63, 3.8) is 0 Å². The molecular weight excluding hydrogens is 602 g/mol. The summed E-state index contributed by atoms with van der Waals surface area (Å²) in [4.78, 5) is 6.18. The molecule has 2 aromatic carbocycles. The lowest BCUT2D eigenvalue weighted by Crippen LogP contribution is -2.54. The van der Waals surface area contributed by atoms with Crippen LogP contribution in [0.5, 0.6) is 0 Å². The Bertz CT molecular complexity index is 1480. The van der Waals surface area contributed by atoms with E-state index in [2.05, 4.69) is 10.3 Å². The van der Waals surface area contributed by atoms with Crippen molar-refractivity contribution in [1.29, 1.82) is 0 Å². The van der Waals surface area contributed by atoms with Gasteiger partial charge >= 0.3 is 12.4 Å². The Balaban J connectivity index is 1.62. The normalized spacial score (nSPS) is 25.1. The number of ether oxygens (including phenoxy) is 1. The second-order valence-electron chi connectivity index (χ2n) is 10.8. The summed E-state index contributed by atoms with van der Waals surface area (Å²) < 4.78 is 112. The highest BCUT2D eigenvalue weighted by Crippen LogP contribution is 2.38. The van der Waals surface area contributed by atoms with Gasteiger partial charge in [0, 0.05) is 25.2 Å². The molecule has 0 amide bonds. The lowest BCUT2D eigenvalue weighted by atomic mass is 9.89. The number of hydroxylamine groups is 2. The standard InChI is InChI=1S/C28H30F6N4O4S/c1-17-4-2-3-5-21(17)24-14-25(37-6-8-43(40,41)9-7-37)42-26-22(15-35-16-36-26)23(38(24)39)12-18-10-19(27(29,30)31)13-20(11-18)28(32,33)34/h2-5,10-11,13-14,22-23,25,35,39H,6-9,12,15-16H2,1H3. The zero-order valence-electron chi connectivity index (χ0n) is 23.0. The van der Waals surface area contributed by atoms with E-state index >= 15 is 0 Å². The van der Waals surface area contributed by atoms with Crippen molar-refractivity contribution in [1.82, 2.24) is 15.3 Å². The molecule has 2 N–H and O–H groups in total. The summed E-state index contributed by atoms with van der Waals surface area (Å²) >= 11 is 0. The smallest absolute Gasteiger partial charge is 0.416 e. The van der Waals surface area contributed by atoms with Crippen LogP contribution in [-0.2, 0) is 33.3 Å². The van der Waals surface area contributed by atoms with Crippen LogP contribution in [0, 0.1) is 12.8 Å². The van der Waals surface area contributed by atoms with Crippen molar-refractivity contribution in [3.8, 4) is 0 Å². The maximum absolute atomic E-state index is 13.6. The van der Waals surface area contributed by atoms with Crippen LogP contribution < -0.4 is 5.32 Å². The van der Waals surface area contributed by atoms with Crippen LogP contribution in [-0.4, -0.2) is 79.6 Å². The number of benzene rings is 2. The topological polar surface area (TPSA) is 94.5 Å². The van der Waals surface area contributed by atoms with E-state index in [-0.39, 0.29) is 61.0 Å². The Labute approximate surface area is 244 Å². The number of aliphatic imine (C=N–C) groups is 1. The fraction of sp³-hybridized carbons (Fsp3) is 0.464. The fourth-order valence-electron chi connectivity index (χ4n) is 5.54. The molecule has 0 spiro atoms. The van der Waals surface area contributed by atoms with Gasteiger partial charge in [-0.2, -0.15) is 26.3 Å². The Morgan fingerprint density at radius 3 is 2.26 bits per heavy atom. The van der Waals surface area contributed by atoms with Gasteiger partial charge in [-0.25, -0.2) is 13.4 Å². The van der Waals surface area contributed by atoms with Crippen LogP contribution >= 0.6 is 0 Å². The molecule has 0 bridgehead atoms. The minimum atomic E-state index is -5.03. The average Bonchev–Trinajstić information content (AvgIpc) is 2.93. The van der Waals surface area contributed by atoms with Crippen molar-refractivity contribution >= 4 is 21.4 Å². The van der Waals surface area contributed by atoms with Crippen LogP contribution in [0.4, 0.5) is 26.3 Å². The number of nitrogens with zero attached hydrogens (tertiary/aromatic N) is 3. The summed E-state index contributed by atoms with van der Waals surface area (Å²) in [7, 11) is -3.23. The first-order valence-corrected chi connectivity index (χ1v) is 15.3. The third-order valence-electron chi connectivity index (χ3n) is 7.85. The molecule has 3 atom stereocenters. The summed E-state index contributed by atoms with van der Waals surface area (Å²) in [6, 6.07) is 7.31. The molecule has 3 aliphatic heterocycles. The first-order valence-electron chi connectivity index (χ1n) is 13.5. The van der Waals surface area contributed by atoms with Crippen molar-refractivity contribution < 1.29 is 44.7 Å². The Morgan fingerprint density at radius 2 is 1.65 bits per heavy atom. The monoisotopic (exact) mass is 632 g/mol. The molecule has 5 rings (SSSR count). The van der Waals surface area contributed by atoms with Crippen LogP contribution in [0.15, 0.2) is 53.5 Å². The van der Waals surface area contributed by atoms with Gasteiger partial charge in [-0.15, -0.1) is 0 Å². The van der Waals surface area contributed by atoms with Crippen molar-refractivity contribution in [2.45, 2.75) is 38.0 Å². The van der Waals surface area contributed by atoms with E-state index in [1.807, 2.05) is 0 Å². The fourth-order valence-corrected chi connectivity index (χ4v) is 6.77. The van der Waals surface area contributed by atoms with Crippen LogP contribution in [0.25, 0.3) is 5.70 Å². The van der Waals surface area contributed by atoms with Gasteiger partial charge in [0.25, 0.3) is 0 Å². The van der Waals surface area contributed by atoms with Gasteiger partial charge in [0.05, 0.1) is 47.0 Å². The van der Waals surface area contributed by atoms with Gasteiger partial charge in [-0.3, -0.25) is 20.5 Å². The average molecular weight is 633 g/mol.